The summed E-state index contributed by atoms with van der Waals surface area (Å²) in [4.78, 5) is 36.5. The second kappa shape index (κ2) is 7.35. The Labute approximate surface area is 150 Å². The van der Waals surface area contributed by atoms with Crippen LogP contribution in [0.4, 0.5) is 0 Å². The van der Waals surface area contributed by atoms with Crippen LogP contribution in [0.15, 0.2) is 52.9 Å². The van der Waals surface area contributed by atoms with Gasteiger partial charge in [0.15, 0.2) is 17.3 Å². The van der Waals surface area contributed by atoms with Crippen molar-refractivity contribution in [1.29, 1.82) is 0 Å². The standard InChI is InChI=1S/C21H18O5/c1-3-25-21(24)18-11-15(26-20(18)13(2)22)12-19(23)17-10-6-8-14-7-4-5-9-16(14)17/h4-11H,3,12H2,1-2H3. The fourth-order valence-electron chi connectivity index (χ4n) is 2.87. The molecule has 0 saturated carbocycles. The monoisotopic (exact) mass is 350 g/mol. The van der Waals surface area contributed by atoms with Crippen molar-refractivity contribution in [3.05, 3.63) is 71.2 Å². The normalized spacial score (nSPS) is 10.7. The van der Waals surface area contributed by atoms with Crippen LogP contribution >= 0.6 is 0 Å². The van der Waals surface area contributed by atoms with Gasteiger partial charge in [-0.2, -0.15) is 0 Å². The van der Waals surface area contributed by atoms with E-state index in [-0.39, 0.29) is 35.9 Å². The fourth-order valence-corrected chi connectivity index (χ4v) is 2.87. The molecule has 0 spiro atoms. The Morgan fingerprint density at radius 2 is 1.73 bits per heavy atom. The highest BCUT2D eigenvalue weighted by molar-refractivity contribution is 6.09. The van der Waals surface area contributed by atoms with Gasteiger partial charge in [0.2, 0.25) is 0 Å². The van der Waals surface area contributed by atoms with Crippen LogP contribution in [0.25, 0.3) is 10.8 Å². The van der Waals surface area contributed by atoms with Crippen molar-refractivity contribution in [2.75, 3.05) is 6.61 Å². The molecule has 1 heterocycles. The molecule has 132 valence electrons. The smallest absolute Gasteiger partial charge is 0.342 e. The molecule has 0 saturated heterocycles. The van der Waals surface area contributed by atoms with E-state index in [1.54, 1.807) is 13.0 Å². The molecule has 0 unspecified atom stereocenters. The van der Waals surface area contributed by atoms with Gasteiger partial charge >= 0.3 is 5.97 Å². The fraction of sp³-hybridized carbons (Fsp3) is 0.190. The van der Waals surface area contributed by atoms with E-state index in [4.69, 9.17) is 9.15 Å². The lowest BCUT2D eigenvalue weighted by molar-refractivity contribution is 0.0521. The second-order valence-corrected chi connectivity index (χ2v) is 5.86. The SMILES string of the molecule is CCOC(=O)c1cc(CC(=O)c2cccc3ccccc23)oc1C(C)=O. The molecule has 0 aliphatic carbocycles. The molecule has 2 aromatic carbocycles. The van der Waals surface area contributed by atoms with Gasteiger partial charge in [-0.1, -0.05) is 42.5 Å². The highest BCUT2D eigenvalue weighted by atomic mass is 16.5. The lowest BCUT2D eigenvalue weighted by Gasteiger charge is -2.04. The average molecular weight is 350 g/mol. The molecule has 0 aliphatic rings. The molecule has 0 fully saturated rings. The number of esters is 1. The van der Waals surface area contributed by atoms with Gasteiger partial charge in [-0.3, -0.25) is 9.59 Å². The van der Waals surface area contributed by atoms with E-state index < -0.39 is 11.8 Å². The molecule has 0 amide bonds. The second-order valence-electron chi connectivity index (χ2n) is 5.86. The Morgan fingerprint density at radius 3 is 2.46 bits per heavy atom. The van der Waals surface area contributed by atoms with Crippen molar-refractivity contribution < 1.29 is 23.5 Å². The minimum atomic E-state index is -0.634. The van der Waals surface area contributed by atoms with Crippen molar-refractivity contribution in [2.24, 2.45) is 0 Å². The lowest BCUT2D eigenvalue weighted by Crippen LogP contribution is -2.07. The number of rotatable bonds is 6. The molecular formula is C21H18O5. The number of hydrogen-bond donors (Lipinski definition) is 0. The number of Topliss-reactive ketones (excluding diaryl/α,β-unsaturated/α-hetero) is 2. The molecule has 5 heteroatoms. The molecule has 0 aliphatic heterocycles. The molecule has 5 nitrogen and oxygen atoms in total. The first kappa shape index (κ1) is 17.6. The molecular weight excluding hydrogens is 332 g/mol. The molecule has 0 atom stereocenters. The first-order valence-corrected chi connectivity index (χ1v) is 8.33. The van der Waals surface area contributed by atoms with Gasteiger partial charge in [-0.15, -0.1) is 0 Å². The van der Waals surface area contributed by atoms with Crippen molar-refractivity contribution in [1.82, 2.24) is 0 Å². The molecule has 3 rings (SSSR count). The van der Waals surface area contributed by atoms with Gasteiger partial charge in [0.25, 0.3) is 0 Å². The maximum atomic E-state index is 12.8. The van der Waals surface area contributed by atoms with Crippen molar-refractivity contribution in [3.8, 4) is 0 Å². The molecule has 1 aromatic heterocycles. The Kier molecular flexibility index (Phi) is 4.98. The third kappa shape index (κ3) is 3.42. The summed E-state index contributed by atoms with van der Waals surface area (Å²) in [6.07, 6.45) is -0.0479. The van der Waals surface area contributed by atoms with Crippen LogP contribution in [-0.4, -0.2) is 24.1 Å². The Morgan fingerprint density at radius 1 is 1.00 bits per heavy atom. The van der Waals surface area contributed by atoms with Crippen LogP contribution in [0.3, 0.4) is 0 Å². The van der Waals surface area contributed by atoms with Crippen LogP contribution in [0.2, 0.25) is 0 Å². The van der Waals surface area contributed by atoms with E-state index in [0.29, 0.717) is 5.56 Å². The third-order valence-electron chi connectivity index (χ3n) is 4.02. The number of ether oxygens (including phenoxy) is 1. The zero-order chi connectivity index (χ0) is 18.7. The predicted molar refractivity (Wildman–Crippen MR) is 96.7 cm³/mol. The van der Waals surface area contributed by atoms with Crippen LogP contribution < -0.4 is 0 Å². The molecule has 26 heavy (non-hydrogen) atoms. The topological polar surface area (TPSA) is 73.6 Å². The van der Waals surface area contributed by atoms with Crippen molar-refractivity contribution in [2.45, 2.75) is 20.3 Å². The minimum Gasteiger partial charge on any atom is -0.462 e. The van der Waals surface area contributed by atoms with Gasteiger partial charge in [-0.25, -0.2) is 4.79 Å². The number of ketones is 2. The number of hydrogen-bond acceptors (Lipinski definition) is 5. The third-order valence-corrected chi connectivity index (χ3v) is 4.02. The van der Waals surface area contributed by atoms with E-state index in [0.717, 1.165) is 10.8 Å². The molecule has 3 aromatic rings. The van der Waals surface area contributed by atoms with E-state index in [2.05, 4.69) is 0 Å². The van der Waals surface area contributed by atoms with Crippen LogP contribution in [-0.2, 0) is 11.2 Å². The summed E-state index contributed by atoms with van der Waals surface area (Å²) in [5.74, 6) is -0.997. The van der Waals surface area contributed by atoms with E-state index in [1.807, 2.05) is 36.4 Å². The van der Waals surface area contributed by atoms with Crippen LogP contribution in [0.1, 0.15) is 50.9 Å². The van der Waals surface area contributed by atoms with Gasteiger partial charge in [-0.05, 0) is 23.8 Å². The highest BCUT2D eigenvalue weighted by Gasteiger charge is 2.23. The van der Waals surface area contributed by atoms with E-state index in [1.165, 1.54) is 13.0 Å². The quantitative estimate of drug-likeness (QED) is 0.491. The average Bonchev–Trinajstić information content (AvgIpc) is 3.05. The van der Waals surface area contributed by atoms with Crippen molar-refractivity contribution >= 4 is 28.3 Å². The predicted octanol–water partition coefficient (Wildman–Crippen LogP) is 4.24. The highest BCUT2D eigenvalue weighted by Crippen LogP contribution is 2.23. The maximum Gasteiger partial charge on any atom is 0.342 e. The van der Waals surface area contributed by atoms with Crippen LogP contribution in [0.5, 0.6) is 0 Å². The van der Waals surface area contributed by atoms with Crippen molar-refractivity contribution in [3.63, 3.8) is 0 Å². The number of carbonyl (C=O) groups excluding carboxylic acids is 3. The van der Waals surface area contributed by atoms with Gasteiger partial charge in [0, 0.05) is 12.5 Å². The summed E-state index contributed by atoms with van der Waals surface area (Å²) in [5.41, 5.74) is 0.627. The first-order chi connectivity index (χ1) is 12.5. The summed E-state index contributed by atoms with van der Waals surface area (Å²) in [5, 5.41) is 1.82. The van der Waals surface area contributed by atoms with Gasteiger partial charge in [0.1, 0.15) is 11.3 Å². The summed E-state index contributed by atoms with van der Waals surface area (Å²) < 4.78 is 10.4. The van der Waals surface area contributed by atoms with Gasteiger partial charge < -0.3 is 9.15 Å². The minimum absolute atomic E-state index is 0.0479. The summed E-state index contributed by atoms with van der Waals surface area (Å²) in [7, 11) is 0. The zero-order valence-electron chi connectivity index (χ0n) is 14.6. The van der Waals surface area contributed by atoms with E-state index in [9.17, 15) is 14.4 Å². The Balaban J connectivity index is 1.93. The Bertz CT molecular complexity index is 991. The largest absolute Gasteiger partial charge is 0.462 e. The Hall–Kier alpha value is -3.21. The number of furan rings is 1. The van der Waals surface area contributed by atoms with Crippen LogP contribution in [0, 0.1) is 0 Å². The summed E-state index contributed by atoms with van der Waals surface area (Å²) >= 11 is 0. The van der Waals surface area contributed by atoms with E-state index >= 15 is 0 Å². The van der Waals surface area contributed by atoms with Gasteiger partial charge in [0.05, 0.1) is 13.0 Å². The summed E-state index contributed by atoms with van der Waals surface area (Å²) in [6, 6.07) is 14.5. The molecule has 0 radical (unpaired) electrons. The number of carbonyl (C=O) groups is 3. The molecule has 0 N–H and O–H groups in total. The number of benzene rings is 2. The summed E-state index contributed by atoms with van der Waals surface area (Å²) in [6.45, 7) is 3.17. The molecule has 0 bridgehead atoms. The zero-order valence-corrected chi connectivity index (χ0v) is 14.6. The lowest BCUT2D eigenvalue weighted by atomic mass is 9.99. The maximum absolute atomic E-state index is 12.8. The first-order valence-electron chi connectivity index (χ1n) is 8.33. The number of fused-ring (bicyclic) bond motifs is 1.